The van der Waals surface area contributed by atoms with Gasteiger partial charge in [-0.15, -0.1) is 0 Å². The van der Waals surface area contributed by atoms with E-state index in [2.05, 4.69) is 4.99 Å². The van der Waals surface area contributed by atoms with Crippen LogP contribution in [-0.2, 0) is 14.1 Å². The lowest BCUT2D eigenvalue weighted by molar-refractivity contribution is 0.346. The van der Waals surface area contributed by atoms with Gasteiger partial charge in [-0.3, -0.25) is 13.9 Å². The maximum Gasteiger partial charge on any atom is 0.332 e. The molecular weight excluding hydrogens is 270 g/mol. The van der Waals surface area contributed by atoms with E-state index in [1.54, 1.807) is 7.05 Å². The van der Waals surface area contributed by atoms with E-state index in [1.807, 2.05) is 48.3 Å². The van der Waals surface area contributed by atoms with Crippen molar-refractivity contribution in [2.75, 3.05) is 14.1 Å². The van der Waals surface area contributed by atoms with Gasteiger partial charge in [-0.25, -0.2) is 9.79 Å². The molecule has 110 valence electrons. The van der Waals surface area contributed by atoms with Gasteiger partial charge in [-0.2, -0.15) is 0 Å². The van der Waals surface area contributed by atoms with E-state index in [9.17, 15) is 9.59 Å². The lowest BCUT2D eigenvalue weighted by Gasteiger charge is -2.35. The summed E-state index contributed by atoms with van der Waals surface area (Å²) >= 11 is 0. The monoisotopic (exact) mass is 287 g/mol. The first kappa shape index (κ1) is 13.4. The van der Waals surface area contributed by atoms with Gasteiger partial charge in [0.15, 0.2) is 5.49 Å². The molecule has 3 heterocycles. The quantitative estimate of drug-likeness (QED) is 0.603. The second-order valence-corrected chi connectivity index (χ2v) is 5.30. The van der Waals surface area contributed by atoms with Crippen molar-refractivity contribution in [3.63, 3.8) is 0 Å². The van der Waals surface area contributed by atoms with Gasteiger partial charge in [0.1, 0.15) is 17.2 Å². The van der Waals surface area contributed by atoms with E-state index < -0.39 is 0 Å². The van der Waals surface area contributed by atoms with E-state index in [0.717, 1.165) is 10.4 Å². The lowest BCUT2D eigenvalue weighted by atomic mass is 10.2. The molecule has 1 aromatic rings. The van der Waals surface area contributed by atoms with E-state index in [0.29, 0.717) is 10.7 Å². The lowest BCUT2D eigenvalue weighted by Crippen LogP contribution is -2.62. The standard InChI is InChI=1S/C14H17N5O2/c1-16(2)12-10-11(15-9-7-5-6-8-19(9)12)17(3)14(21)18(4)13(10)20/h5-9H,1-4H3/t9-/m0/s1. The average Bonchev–Trinajstić information content (AvgIpc) is 2.48. The molecule has 0 aliphatic carbocycles. The summed E-state index contributed by atoms with van der Waals surface area (Å²) in [4.78, 5) is 33.0. The molecule has 0 unspecified atom stereocenters. The third kappa shape index (κ3) is 1.77. The van der Waals surface area contributed by atoms with Gasteiger partial charge >= 0.3 is 5.69 Å². The third-order valence-corrected chi connectivity index (χ3v) is 3.71. The molecule has 0 aromatic carbocycles. The minimum absolute atomic E-state index is 0.238. The number of aromatic nitrogens is 2. The molecule has 1 atom stereocenters. The van der Waals surface area contributed by atoms with Crippen molar-refractivity contribution >= 4 is 5.82 Å². The SMILES string of the molecule is CN(C)C1=c2c(=O)n(C)c(=O)n(C)c2=N[C@@H]2C=CC=CN12. The Labute approximate surface area is 121 Å². The van der Waals surface area contributed by atoms with Gasteiger partial charge in [-0.1, -0.05) is 6.08 Å². The zero-order valence-corrected chi connectivity index (χ0v) is 12.4. The molecule has 0 saturated heterocycles. The zero-order valence-electron chi connectivity index (χ0n) is 12.4. The second kappa shape index (κ2) is 4.47. The number of rotatable bonds is 1. The smallest absolute Gasteiger partial charge is 0.332 e. The molecule has 2 aliphatic heterocycles. The third-order valence-electron chi connectivity index (χ3n) is 3.71. The topological polar surface area (TPSA) is 62.8 Å². The van der Waals surface area contributed by atoms with E-state index in [1.165, 1.54) is 11.6 Å². The van der Waals surface area contributed by atoms with Gasteiger partial charge < -0.3 is 9.80 Å². The maximum atomic E-state index is 12.5. The minimum Gasteiger partial charge on any atom is -0.363 e. The zero-order chi connectivity index (χ0) is 15.3. The number of hydrogen-bond donors (Lipinski definition) is 0. The van der Waals surface area contributed by atoms with Crippen LogP contribution in [0.4, 0.5) is 0 Å². The molecule has 7 heteroatoms. The second-order valence-electron chi connectivity index (χ2n) is 5.30. The molecule has 7 nitrogen and oxygen atoms in total. The molecule has 0 radical (unpaired) electrons. The molecule has 1 aromatic heterocycles. The summed E-state index contributed by atoms with van der Waals surface area (Å²) in [6.07, 6.45) is 7.37. The first-order valence-electron chi connectivity index (χ1n) is 6.62. The number of hydrogen-bond acceptors (Lipinski definition) is 5. The molecule has 0 N–H and O–H groups in total. The molecule has 3 rings (SSSR count). The van der Waals surface area contributed by atoms with Crippen LogP contribution in [0.1, 0.15) is 0 Å². The summed E-state index contributed by atoms with van der Waals surface area (Å²) in [7, 11) is 6.86. The summed E-state index contributed by atoms with van der Waals surface area (Å²) in [5.74, 6) is 0.738. The van der Waals surface area contributed by atoms with Crippen LogP contribution in [0.15, 0.2) is 39.0 Å². The predicted octanol–water partition coefficient (Wildman–Crippen LogP) is -1.94. The Balaban J connectivity index is 2.59. The van der Waals surface area contributed by atoms with Crippen LogP contribution >= 0.6 is 0 Å². The van der Waals surface area contributed by atoms with E-state index in [4.69, 9.17) is 0 Å². The summed E-state index contributed by atoms with van der Waals surface area (Å²) in [6, 6.07) is 0. The molecule has 0 saturated carbocycles. The van der Waals surface area contributed by atoms with Gasteiger partial charge in [0.25, 0.3) is 5.56 Å². The highest BCUT2D eigenvalue weighted by Gasteiger charge is 2.26. The van der Waals surface area contributed by atoms with Crippen LogP contribution in [0.3, 0.4) is 0 Å². The Morgan fingerprint density at radius 2 is 1.86 bits per heavy atom. The predicted molar refractivity (Wildman–Crippen MR) is 78.7 cm³/mol. The summed E-state index contributed by atoms with van der Waals surface area (Å²) in [5, 5.41) is 0.445. The van der Waals surface area contributed by atoms with Crippen LogP contribution in [0, 0.1) is 0 Å². The molecule has 0 bridgehead atoms. The molecule has 0 amide bonds. The largest absolute Gasteiger partial charge is 0.363 e. The Bertz CT molecular complexity index is 901. The van der Waals surface area contributed by atoms with Crippen LogP contribution in [-0.4, -0.2) is 39.2 Å². The highest BCUT2D eigenvalue weighted by molar-refractivity contribution is 5.45. The Morgan fingerprint density at radius 1 is 1.14 bits per heavy atom. The highest BCUT2D eigenvalue weighted by Crippen LogP contribution is 2.18. The van der Waals surface area contributed by atoms with Crippen molar-refractivity contribution in [2.24, 2.45) is 19.1 Å². The number of fused-ring (bicyclic) bond motifs is 2. The van der Waals surface area contributed by atoms with Crippen molar-refractivity contribution in [1.29, 1.82) is 0 Å². The van der Waals surface area contributed by atoms with Crippen molar-refractivity contribution in [2.45, 2.75) is 6.17 Å². The van der Waals surface area contributed by atoms with E-state index >= 15 is 0 Å². The van der Waals surface area contributed by atoms with Gasteiger partial charge in [-0.05, 0) is 12.2 Å². The molecule has 0 fully saturated rings. The van der Waals surface area contributed by atoms with Crippen molar-refractivity contribution in [3.05, 3.63) is 56.0 Å². The van der Waals surface area contributed by atoms with Crippen molar-refractivity contribution < 1.29 is 0 Å². The van der Waals surface area contributed by atoms with Crippen molar-refractivity contribution in [3.8, 4) is 0 Å². The van der Waals surface area contributed by atoms with Gasteiger partial charge in [0.2, 0.25) is 0 Å². The Kier molecular flexibility index (Phi) is 2.86. The molecule has 0 spiro atoms. The fraction of sp³-hybridized carbons (Fsp3) is 0.357. The average molecular weight is 287 g/mol. The number of nitrogens with zero attached hydrogens (tertiary/aromatic N) is 5. The molecule has 21 heavy (non-hydrogen) atoms. The summed E-state index contributed by atoms with van der Waals surface area (Å²) in [5.41, 5.74) is -0.278. The Hall–Kier alpha value is -2.57. The van der Waals surface area contributed by atoms with Crippen LogP contribution < -0.4 is 22.0 Å². The summed E-state index contributed by atoms with van der Waals surface area (Å²) < 4.78 is 2.53. The van der Waals surface area contributed by atoms with Gasteiger partial charge in [0.05, 0.1) is 0 Å². The fourth-order valence-electron chi connectivity index (χ4n) is 2.68. The normalized spacial score (nSPS) is 19.1. The van der Waals surface area contributed by atoms with Crippen molar-refractivity contribution in [1.82, 2.24) is 18.9 Å². The van der Waals surface area contributed by atoms with Crippen LogP contribution in [0.2, 0.25) is 0 Å². The highest BCUT2D eigenvalue weighted by atomic mass is 16.2. The molecular formula is C14H17N5O2. The van der Waals surface area contributed by atoms with Crippen LogP contribution in [0.5, 0.6) is 0 Å². The summed E-state index contributed by atoms with van der Waals surface area (Å²) in [6.45, 7) is 0. The minimum atomic E-state index is -0.371. The maximum absolute atomic E-state index is 12.5. The van der Waals surface area contributed by atoms with Gasteiger partial charge in [0, 0.05) is 34.4 Å². The Morgan fingerprint density at radius 3 is 2.52 bits per heavy atom. The number of allylic oxidation sites excluding steroid dienone is 2. The fourth-order valence-corrected chi connectivity index (χ4v) is 2.68. The molecule has 2 aliphatic rings. The first-order valence-corrected chi connectivity index (χ1v) is 6.62. The first-order chi connectivity index (χ1) is 9.93. The van der Waals surface area contributed by atoms with E-state index in [-0.39, 0.29) is 17.4 Å². The van der Waals surface area contributed by atoms with Crippen LogP contribution in [0.25, 0.3) is 5.82 Å².